The predicted octanol–water partition coefficient (Wildman–Crippen LogP) is 2.17. The number of nitrogens with one attached hydrogen (secondary N) is 1. The van der Waals surface area contributed by atoms with Gasteiger partial charge in [-0.2, -0.15) is 0 Å². The predicted molar refractivity (Wildman–Crippen MR) is 101 cm³/mol. The van der Waals surface area contributed by atoms with Gasteiger partial charge < -0.3 is 14.4 Å². The van der Waals surface area contributed by atoms with E-state index in [0.29, 0.717) is 29.1 Å². The summed E-state index contributed by atoms with van der Waals surface area (Å²) in [6.07, 6.45) is 4.32. The average molecular weight is 383 g/mol. The highest BCUT2D eigenvalue weighted by Gasteiger charge is 2.27. The Bertz CT molecular complexity index is 693. The first-order valence-corrected chi connectivity index (χ1v) is 10.9. The molecule has 0 unspecified atom stereocenters. The van der Waals surface area contributed by atoms with Crippen molar-refractivity contribution in [1.82, 2.24) is 9.62 Å². The molecular weight excluding hydrogens is 352 g/mol. The van der Waals surface area contributed by atoms with Gasteiger partial charge in [-0.05, 0) is 75.4 Å². The van der Waals surface area contributed by atoms with Gasteiger partial charge in [-0.3, -0.25) is 0 Å². The van der Waals surface area contributed by atoms with Gasteiger partial charge in [0.05, 0.1) is 12.0 Å². The summed E-state index contributed by atoms with van der Waals surface area (Å²) in [6, 6.07) is 5.61. The third kappa shape index (κ3) is 4.76. The van der Waals surface area contributed by atoms with Crippen LogP contribution in [0.1, 0.15) is 31.2 Å². The number of hydrogen-bond donors (Lipinski definition) is 1. The number of likely N-dealkylation sites (tertiary alicyclic amines) is 1. The van der Waals surface area contributed by atoms with Gasteiger partial charge in [0.1, 0.15) is 5.75 Å². The summed E-state index contributed by atoms with van der Waals surface area (Å²) in [6.45, 7) is 6.20. The Kier molecular flexibility index (Phi) is 6.55. The zero-order valence-corrected chi connectivity index (χ0v) is 16.6. The number of ether oxygens (including phenoxy) is 2. The van der Waals surface area contributed by atoms with Crippen LogP contribution >= 0.6 is 0 Å². The van der Waals surface area contributed by atoms with Crippen LogP contribution in [0.25, 0.3) is 0 Å². The fourth-order valence-electron chi connectivity index (χ4n) is 3.90. The van der Waals surface area contributed by atoms with Crippen molar-refractivity contribution in [3.05, 3.63) is 23.8 Å². The maximum atomic E-state index is 12.6. The van der Waals surface area contributed by atoms with E-state index < -0.39 is 10.0 Å². The normalized spacial score (nSPS) is 21.0. The zero-order valence-electron chi connectivity index (χ0n) is 15.7. The first kappa shape index (κ1) is 19.6. The molecule has 6 nitrogen and oxygen atoms in total. The van der Waals surface area contributed by atoms with Crippen LogP contribution in [0.2, 0.25) is 0 Å². The van der Waals surface area contributed by atoms with Crippen LogP contribution in [0.5, 0.6) is 5.75 Å². The number of nitrogens with zero attached hydrogens (tertiary/aromatic N) is 1. The van der Waals surface area contributed by atoms with Crippen molar-refractivity contribution in [2.24, 2.45) is 5.92 Å². The van der Waals surface area contributed by atoms with Crippen molar-refractivity contribution >= 4 is 10.0 Å². The van der Waals surface area contributed by atoms with Gasteiger partial charge in [-0.25, -0.2) is 13.1 Å². The van der Waals surface area contributed by atoms with Crippen molar-refractivity contribution in [2.75, 3.05) is 40.0 Å². The van der Waals surface area contributed by atoms with E-state index in [1.807, 2.05) is 6.92 Å². The molecular formula is C19H30N2O4S. The summed E-state index contributed by atoms with van der Waals surface area (Å²) >= 11 is 0. The minimum Gasteiger partial charge on any atom is -0.496 e. The molecule has 3 rings (SSSR count). The molecule has 0 saturated carbocycles. The first-order valence-electron chi connectivity index (χ1n) is 9.45. The van der Waals surface area contributed by atoms with E-state index in [9.17, 15) is 8.42 Å². The summed E-state index contributed by atoms with van der Waals surface area (Å²) in [7, 11) is -1.89. The second-order valence-electron chi connectivity index (χ2n) is 7.31. The lowest BCUT2D eigenvalue weighted by atomic mass is 9.94. The highest BCUT2D eigenvalue weighted by Crippen LogP contribution is 2.24. The first-order chi connectivity index (χ1) is 12.5. The fraction of sp³-hybridized carbons (Fsp3) is 0.684. The molecule has 1 aromatic rings. The lowest BCUT2D eigenvalue weighted by Gasteiger charge is -2.39. The van der Waals surface area contributed by atoms with E-state index in [1.54, 1.807) is 25.3 Å². The quantitative estimate of drug-likeness (QED) is 0.817. The van der Waals surface area contributed by atoms with Crippen molar-refractivity contribution in [3.8, 4) is 5.75 Å². The van der Waals surface area contributed by atoms with Crippen molar-refractivity contribution in [3.63, 3.8) is 0 Å². The number of benzene rings is 1. The van der Waals surface area contributed by atoms with Gasteiger partial charge in [-0.15, -0.1) is 0 Å². The average Bonchev–Trinajstić information content (AvgIpc) is 2.67. The SMILES string of the molecule is COc1ccc(S(=O)(=O)NCC2CCN(C3CCOCC3)CC2)cc1C. The fourth-order valence-corrected chi connectivity index (χ4v) is 5.10. The van der Waals surface area contributed by atoms with Crippen molar-refractivity contribution < 1.29 is 17.9 Å². The van der Waals surface area contributed by atoms with Crippen molar-refractivity contribution in [1.29, 1.82) is 0 Å². The summed E-state index contributed by atoms with van der Waals surface area (Å²) in [5, 5.41) is 0. The zero-order chi connectivity index (χ0) is 18.6. The van der Waals surface area contributed by atoms with Gasteiger partial charge in [0.25, 0.3) is 0 Å². The Morgan fingerprint density at radius 2 is 1.88 bits per heavy atom. The maximum absolute atomic E-state index is 12.6. The number of sulfonamides is 1. The molecule has 1 N–H and O–H groups in total. The molecule has 0 aromatic heterocycles. The topological polar surface area (TPSA) is 67.9 Å². The molecule has 2 aliphatic heterocycles. The largest absolute Gasteiger partial charge is 0.496 e. The van der Waals surface area contributed by atoms with Crippen LogP contribution in [0, 0.1) is 12.8 Å². The van der Waals surface area contributed by atoms with Gasteiger partial charge in [0.15, 0.2) is 0 Å². The molecule has 146 valence electrons. The molecule has 0 amide bonds. The third-order valence-corrected chi connectivity index (χ3v) is 7.02. The maximum Gasteiger partial charge on any atom is 0.240 e. The van der Waals surface area contributed by atoms with E-state index in [2.05, 4.69) is 9.62 Å². The third-order valence-electron chi connectivity index (χ3n) is 5.59. The summed E-state index contributed by atoms with van der Waals surface area (Å²) < 4.78 is 38.6. The molecule has 26 heavy (non-hydrogen) atoms. The van der Waals surface area contributed by atoms with E-state index in [-0.39, 0.29) is 0 Å². The van der Waals surface area contributed by atoms with Gasteiger partial charge in [-0.1, -0.05) is 0 Å². The summed E-state index contributed by atoms with van der Waals surface area (Å²) in [5.41, 5.74) is 0.820. The van der Waals surface area contributed by atoms with Crippen LogP contribution in [0.3, 0.4) is 0 Å². The molecule has 2 fully saturated rings. The Labute approximate surface area is 156 Å². The molecule has 1 aromatic carbocycles. The molecule has 2 saturated heterocycles. The van der Waals surface area contributed by atoms with Crippen molar-refractivity contribution in [2.45, 2.75) is 43.5 Å². The molecule has 0 atom stereocenters. The van der Waals surface area contributed by atoms with Gasteiger partial charge in [0, 0.05) is 25.8 Å². The molecule has 2 heterocycles. The van der Waals surface area contributed by atoms with Crippen LogP contribution in [-0.2, 0) is 14.8 Å². The van der Waals surface area contributed by atoms with Gasteiger partial charge >= 0.3 is 0 Å². The Hall–Kier alpha value is -1.15. The smallest absolute Gasteiger partial charge is 0.240 e. The number of hydrogen-bond acceptors (Lipinski definition) is 5. The van der Waals surface area contributed by atoms with E-state index in [1.165, 1.54) is 0 Å². The molecule has 0 aliphatic carbocycles. The van der Waals surface area contributed by atoms with E-state index in [0.717, 1.165) is 57.6 Å². The highest BCUT2D eigenvalue weighted by molar-refractivity contribution is 7.89. The van der Waals surface area contributed by atoms with E-state index >= 15 is 0 Å². The molecule has 0 bridgehead atoms. The minimum atomic E-state index is -3.48. The Balaban J connectivity index is 1.50. The highest BCUT2D eigenvalue weighted by atomic mass is 32.2. The molecule has 0 spiro atoms. The lowest BCUT2D eigenvalue weighted by molar-refractivity contribution is 0.0214. The Morgan fingerprint density at radius 3 is 2.50 bits per heavy atom. The van der Waals surface area contributed by atoms with Crippen LogP contribution in [0.15, 0.2) is 23.1 Å². The van der Waals surface area contributed by atoms with E-state index in [4.69, 9.17) is 9.47 Å². The lowest BCUT2D eigenvalue weighted by Crippen LogP contribution is -2.45. The molecule has 0 radical (unpaired) electrons. The number of rotatable bonds is 6. The van der Waals surface area contributed by atoms with Crippen LogP contribution in [0.4, 0.5) is 0 Å². The Morgan fingerprint density at radius 1 is 1.19 bits per heavy atom. The second-order valence-corrected chi connectivity index (χ2v) is 9.07. The molecule has 2 aliphatic rings. The summed E-state index contributed by atoms with van der Waals surface area (Å²) in [4.78, 5) is 2.86. The summed E-state index contributed by atoms with van der Waals surface area (Å²) in [5.74, 6) is 1.10. The number of piperidine rings is 1. The van der Waals surface area contributed by atoms with Crippen LogP contribution < -0.4 is 9.46 Å². The standard InChI is InChI=1S/C19H30N2O4S/c1-15-13-18(3-4-19(15)24-2)26(22,23)20-14-16-5-9-21(10-6-16)17-7-11-25-12-8-17/h3-4,13,16-17,20H,5-12,14H2,1-2H3. The monoisotopic (exact) mass is 382 g/mol. The van der Waals surface area contributed by atoms with Gasteiger partial charge in [0.2, 0.25) is 10.0 Å². The number of methoxy groups -OCH3 is 1. The minimum absolute atomic E-state index is 0.301. The molecule has 7 heteroatoms. The number of aryl methyl sites for hydroxylation is 1. The van der Waals surface area contributed by atoms with Crippen LogP contribution in [-0.4, -0.2) is 59.3 Å². The second kappa shape index (κ2) is 8.69.